The maximum Gasteiger partial charge on any atom is 0.326 e. The van der Waals surface area contributed by atoms with Gasteiger partial charge in [-0.05, 0) is 17.9 Å². The van der Waals surface area contributed by atoms with Crippen molar-refractivity contribution in [2.45, 2.75) is 32.7 Å². The van der Waals surface area contributed by atoms with Crippen LogP contribution >= 0.6 is 0 Å². The highest BCUT2D eigenvalue weighted by molar-refractivity contribution is 5.83. The summed E-state index contributed by atoms with van der Waals surface area (Å²) in [5.41, 5.74) is 1.08. The van der Waals surface area contributed by atoms with E-state index in [4.69, 9.17) is 5.11 Å². The van der Waals surface area contributed by atoms with Gasteiger partial charge in [-0.2, -0.15) is 0 Å². The van der Waals surface area contributed by atoms with Gasteiger partial charge in [0.1, 0.15) is 6.04 Å². The molecule has 1 aromatic rings. The van der Waals surface area contributed by atoms with Gasteiger partial charge >= 0.3 is 5.97 Å². The highest BCUT2D eigenvalue weighted by atomic mass is 16.4. The Hall–Kier alpha value is -2.10. The third-order valence-corrected chi connectivity index (χ3v) is 2.90. The van der Waals surface area contributed by atoms with Crippen LogP contribution in [0.3, 0.4) is 0 Å². The molecular weight excluding hydrogens is 254 g/mol. The van der Waals surface area contributed by atoms with E-state index in [0.717, 1.165) is 5.56 Å². The van der Waals surface area contributed by atoms with E-state index in [2.05, 4.69) is 5.32 Å². The summed E-state index contributed by atoms with van der Waals surface area (Å²) in [6.07, 6.45) is 4.75. The number of nitrogens with one attached hydrogen (secondary N) is 1. The molecule has 4 heteroatoms. The van der Waals surface area contributed by atoms with Crippen LogP contribution in [0.15, 0.2) is 36.4 Å². The van der Waals surface area contributed by atoms with Gasteiger partial charge in [-0.3, -0.25) is 4.79 Å². The Morgan fingerprint density at radius 2 is 1.90 bits per heavy atom. The van der Waals surface area contributed by atoms with E-state index in [1.165, 1.54) is 0 Å². The van der Waals surface area contributed by atoms with Crippen LogP contribution in [0, 0.1) is 5.92 Å². The molecule has 0 bridgehead atoms. The van der Waals surface area contributed by atoms with Gasteiger partial charge in [-0.1, -0.05) is 56.3 Å². The summed E-state index contributed by atoms with van der Waals surface area (Å²) in [7, 11) is 0. The van der Waals surface area contributed by atoms with E-state index >= 15 is 0 Å². The number of carbonyl (C=O) groups excluding carboxylic acids is 1. The molecule has 1 aromatic carbocycles. The molecule has 0 unspecified atom stereocenters. The van der Waals surface area contributed by atoms with Crippen molar-refractivity contribution in [3.05, 3.63) is 42.0 Å². The second-order valence-electron chi connectivity index (χ2n) is 4.98. The normalized spacial score (nSPS) is 12.6. The predicted molar refractivity (Wildman–Crippen MR) is 79.1 cm³/mol. The van der Waals surface area contributed by atoms with Crippen molar-refractivity contribution in [2.75, 3.05) is 0 Å². The van der Waals surface area contributed by atoms with Crippen molar-refractivity contribution in [1.29, 1.82) is 0 Å². The zero-order valence-electron chi connectivity index (χ0n) is 11.9. The summed E-state index contributed by atoms with van der Waals surface area (Å²) in [5, 5.41) is 11.5. The van der Waals surface area contributed by atoms with Gasteiger partial charge in [0.05, 0.1) is 0 Å². The minimum atomic E-state index is -0.992. The lowest BCUT2D eigenvalue weighted by atomic mass is 10.0. The van der Waals surface area contributed by atoms with E-state index < -0.39 is 12.0 Å². The average Bonchev–Trinajstić information content (AvgIpc) is 2.41. The fraction of sp³-hybridized carbons (Fsp3) is 0.375. The summed E-state index contributed by atoms with van der Waals surface area (Å²) in [5.74, 6) is -1.35. The third-order valence-electron chi connectivity index (χ3n) is 2.90. The van der Waals surface area contributed by atoms with Gasteiger partial charge in [0, 0.05) is 6.42 Å². The fourth-order valence-corrected chi connectivity index (χ4v) is 1.76. The van der Waals surface area contributed by atoms with Gasteiger partial charge in [0.15, 0.2) is 0 Å². The van der Waals surface area contributed by atoms with Crippen LogP contribution in [-0.2, 0) is 9.59 Å². The van der Waals surface area contributed by atoms with E-state index in [1.54, 1.807) is 13.8 Å². The van der Waals surface area contributed by atoms with Crippen LogP contribution in [0.25, 0.3) is 6.08 Å². The van der Waals surface area contributed by atoms with Crippen molar-refractivity contribution in [3.8, 4) is 0 Å². The van der Waals surface area contributed by atoms with Crippen LogP contribution in [-0.4, -0.2) is 23.0 Å². The lowest BCUT2D eigenvalue weighted by molar-refractivity contribution is -0.143. The van der Waals surface area contributed by atoms with Crippen molar-refractivity contribution in [3.63, 3.8) is 0 Å². The third kappa shape index (κ3) is 5.69. The average molecular weight is 275 g/mol. The monoisotopic (exact) mass is 275 g/mol. The summed E-state index contributed by atoms with van der Waals surface area (Å²) >= 11 is 0. The minimum absolute atomic E-state index is 0.128. The zero-order valence-corrected chi connectivity index (χ0v) is 11.9. The molecule has 1 amide bonds. The van der Waals surface area contributed by atoms with Crippen LogP contribution in [0.1, 0.15) is 32.3 Å². The van der Waals surface area contributed by atoms with Gasteiger partial charge in [0.25, 0.3) is 0 Å². The number of benzene rings is 1. The standard InChI is InChI=1S/C16H21NO3/c1-12(2)15(16(19)20)17-14(18)11-7-6-10-13-8-4-3-5-9-13/h3-6,8-10,12,15H,7,11H2,1-2H3,(H,17,18)(H,19,20)/b10-6+/t15-/m0/s1. The summed E-state index contributed by atoms with van der Waals surface area (Å²) < 4.78 is 0. The quantitative estimate of drug-likeness (QED) is 0.804. The number of amides is 1. The van der Waals surface area contributed by atoms with Crippen molar-refractivity contribution >= 4 is 18.0 Å². The van der Waals surface area contributed by atoms with E-state index in [0.29, 0.717) is 12.8 Å². The largest absolute Gasteiger partial charge is 0.480 e. The maximum absolute atomic E-state index is 11.7. The Balaban J connectivity index is 2.36. The highest BCUT2D eigenvalue weighted by Gasteiger charge is 2.22. The molecule has 0 radical (unpaired) electrons. The number of carboxylic acids is 1. The number of carbonyl (C=O) groups is 2. The second kappa shape index (κ2) is 8.15. The lowest BCUT2D eigenvalue weighted by Crippen LogP contribution is -2.44. The van der Waals surface area contributed by atoms with Crippen LogP contribution in [0.4, 0.5) is 0 Å². The van der Waals surface area contributed by atoms with Crippen molar-refractivity contribution in [2.24, 2.45) is 5.92 Å². The van der Waals surface area contributed by atoms with Crippen LogP contribution in [0.5, 0.6) is 0 Å². The summed E-state index contributed by atoms with van der Waals surface area (Å²) in [6.45, 7) is 3.54. The molecule has 0 heterocycles. The molecule has 0 fully saturated rings. The molecule has 0 spiro atoms. The Morgan fingerprint density at radius 3 is 2.45 bits per heavy atom. The smallest absolute Gasteiger partial charge is 0.326 e. The summed E-state index contributed by atoms with van der Waals surface area (Å²) in [4.78, 5) is 22.6. The number of carboxylic acid groups (broad SMARTS) is 1. The summed E-state index contributed by atoms with van der Waals surface area (Å²) in [6, 6.07) is 8.99. The molecule has 108 valence electrons. The van der Waals surface area contributed by atoms with Crippen LogP contribution < -0.4 is 5.32 Å². The fourth-order valence-electron chi connectivity index (χ4n) is 1.76. The molecule has 4 nitrogen and oxygen atoms in total. The Labute approximate surface area is 119 Å². The molecule has 1 atom stereocenters. The molecule has 0 aliphatic rings. The Bertz CT molecular complexity index is 466. The number of aliphatic carboxylic acids is 1. The molecule has 0 aliphatic carbocycles. The number of rotatable bonds is 7. The zero-order chi connectivity index (χ0) is 15.0. The van der Waals surface area contributed by atoms with E-state index in [-0.39, 0.29) is 11.8 Å². The van der Waals surface area contributed by atoms with E-state index in [9.17, 15) is 9.59 Å². The first-order chi connectivity index (χ1) is 9.50. The molecule has 1 rings (SSSR count). The number of hydrogen-bond donors (Lipinski definition) is 2. The number of allylic oxidation sites excluding steroid dienone is 1. The van der Waals surface area contributed by atoms with Gasteiger partial charge in [-0.25, -0.2) is 4.79 Å². The Kier molecular flexibility index (Phi) is 6.50. The molecule has 0 saturated carbocycles. The minimum Gasteiger partial charge on any atom is -0.480 e. The van der Waals surface area contributed by atoms with Gasteiger partial charge in [0.2, 0.25) is 5.91 Å². The van der Waals surface area contributed by atoms with Crippen molar-refractivity contribution < 1.29 is 14.7 Å². The molecule has 20 heavy (non-hydrogen) atoms. The van der Waals surface area contributed by atoms with E-state index in [1.807, 2.05) is 42.5 Å². The maximum atomic E-state index is 11.7. The first-order valence-corrected chi connectivity index (χ1v) is 6.74. The molecule has 0 saturated heterocycles. The molecular formula is C16H21NO3. The highest BCUT2D eigenvalue weighted by Crippen LogP contribution is 2.05. The topological polar surface area (TPSA) is 66.4 Å². The molecule has 2 N–H and O–H groups in total. The molecule has 0 aliphatic heterocycles. The number of hydrogen-bond acceptors (Lipinski definition) is 2. The van der Waals surface area contributed by atoms with Crippen molar-refractivity contribution in [1.82, 2.24) is 5.32 Å². The lowest BCUT2D eigenvalue weighted by Gasteiger charge is -2.17. The van der Waals surface area contributed by atoms with Gasteiger partial charge in [-0.15, -0.1) is 0 Å². The SMILES string of the molecule is CC(C)[C@H](NC(=O)CC/C=C/c1ccccc1)C(=O)O. The molecule has 0 aromatic heterocycles. The van der Waals surface area contributed by atoms with Crippen LogP contribution in [0.2, 0.25) is 0 Å². The predicted octanol–water partition coefficient (Wildman–Crippen LogP) is 2.71. The first kappa shape index (κ1) is 16.0. The second-order valence-corrected chi connectivity index (χ2v) is 4.98. The van der Waals surface area contributed by atoms with Gasteiger partial charge < -0.3 is 10.4 Å². The Morgan fingerprint density at radius 1 is 1.25 bits per heavy atom. The first-order valence-electron chi connectivity index (χ1n) is 6.74.